The van der Waals surface area contributed by atoms with Crippen LogP contribution in [0.2, 0.25) is 0 Å². The molecule has 4 rings (SSSR count). The van der Waals surface area contributed by atoms with E-state index in [1.54, 1.807) is 18.2 Å². The SMILES string of the molecule is Cc1cc(N2CCN(C)CC2)ccc1NC(=O)c1ccc2c(c1)CCN2S(C)(=O)=O. The summed E-state index contributed by atoms with van der Waals surface area (Å²) in [5, 5.41) is 3.00. The van der Waals surface area contributed by atoms with E-state index in [-0.39, 0.29) is 5.91 Å². The predicted octanol–water partition coefficient (Wildman–Crippen LogP) is 2.32. The minimum Gasteiger partial charge on any atom is -0.369 e. The lowest BCUT2D eigenvalue weighted by molar-refractivity contribution is 0.102. The van der Waals surface area contributed by atoms with Gasteiger partial charge in [0.05, 0.1) is 11.9 Å². The van der Waals surface area contributed by atoms with Gasteiger partial charge in [-0.05, 0) is 67.9 Å². The summed E-state index contributed by atoms with van der Waals surface area (Å²) < 4.78 is 25.2. The van der Waals surface area contributed by atoms with Crippen LogP contribution in [-0.4, -0.2) is 65.3 Å². The number of anilines is 3. The van der Waals surface area contributed by atoms with Crippen molar-refractivity contribution in [2.24, 2.45) is 0 Å². The third-order valence-corrected chi connectivity index (χ3v) is 7.10. The zero-order valence-electron chi connectivity index (χ0n) is 17.7. The van der Waals surface area contributed by atoms with E-state index < -0.39 is 10.0 Å². The number of aryl methyl sites for hydroxylation is 1. The number of carbonyl (C=O) groups is 1. The Balaban J connectivity index is 1.48. The quantitative estimate of drug-likeness (QED) is 0.809. The van der Waals surface area contributed by atoms with E-state index in [1.807, 2.05) is 13.0 Å². The molecule has 1 saturated heterocycles. The lowest BCUT2D eigenvalue weighted by Gasteiger charge is -2.34. The molecule has 0 unspecified atom stereocenters. The summed E-state index contributed by atoms with van der Waals surface area (Å²) in [7, 11) is -1.16. The van der Waals surface area contributed by atoms with Crippen LogP contribution in [0.25, 0.3) is 0 Å². The van der Waals surface area contributed by atoms with Crippen molar-refractivity contribution in [3.8, 4) is 0 Å². The third kappa shape index (κ3) is 4.15. The molecule has 1 amide bonds. The second kappa shape index (κ2) is 7.92. The van der Waals surface area contributed by atoms with Crippen LogP contribution in [0.5, 0.6) is 0 Å². The average molecular weight is 429 g/mol. The molecule has 2 aromatic carbocycles. The number of benzene rings is 2. The first-order valence-electron chi connectivity index (χ1n) is 10.2. The van der Waals surface area contributed by atoms with Gasteiger partial charge < -0.3 is 15.1 Å². The highest BCUT2D eigenvalue weighted by atomic mass is 32.2. The molecule has 0 aliphatic carbocycles. The van der Waals surface area contributed by atoms with E-state index in [9.17, 15) is 13.2 Å². The average Bonchev–Trinajstić information content (AvgIpc) is 3.14. The summed E-state index contributed by atoms with van der Waals surface area (Å²) in [5.74, 6) is -0.189. The lowest BCUT2D eigenvalue weighted by Crippen LogP contribution is -2.44. The minimum absolute atomic E-state index is 0.189. The summed E-state index contributed by atoms with van der Waals surface area (Å²) in [6, 6.07) is 11.3. The van der Waals surface area contributed by atoms with E-state index in [2.05, 4.69) is 34.3 Å². The van der Waals surface area contributed by atoms with Gasteiger partial charge in [-0.2, -0.15) is 0 Å². The fraction of sp³-hybridized carbons (Fsp3) is 0.409. The number of nitrogens with one attached hydrogen (secondary N) is 1. The number of sulfonamides is 1. The van der Waals surface area contributed by atoms with Crippen LogP contribution in [-0.2, 0) is 16.4 Å². The van der Waals surface area contributed by atoms with Gasteiger partial charge in [0, 0.05) is 49.7 Å². The third-order valence-electron chi connectivity index (χ3n) is 5.92. The molecular formula is C22H28N4O3S. The van der Waals surface area contributed by atoms with Gasteiger partial charge in [0.25, 0.3) is 5.91 Å². The molecule has 0 atom stereocenters. The normalized spacial score (nSPS) is 17.2. The van der Waals surface area contributed by atoms with Crippen LogP contribution in [0.4, 0.5) is 17.1 Å². The Morgan fingerprint density at radius 3 is 2.40 bits per heavy atom. The number of hydrogen-bond acceptors (Lipinski definition) is 5. The standard InChI is InChI=1S/C22H28N4O3S/c1-16-14-19(25-12-10-24(2)11-13-25)5-6-20(16)23-22(27)18-4-7-21-17(15-18)8-9-26(21)30(3,28)29/h4-7,14-15H,8-13H2,1-3H3,(H,23,27). The molecule has 8 heteroatoms. The molecule has 0 bridgehead atoms. The Bertz CT molecular complexity index is 1080. The summed E-state index contributed by atoms with van der Waals surface area (Å²) in [4.78, 5) is 17.5. The molecule has 1 N–H and O–H groups in total. The van der Waals surface area contributed by atoms with Crippen molar-refractivity contribution < 1.29 is 13.2 Å². The van der Waals surface area contributed by atoms with Crippen molar-refractivity contribution >= 4 is 33.0 Å². The van der Waals surface area contributed by atoms with Gasteiger partial charge in [-0.1, -0.05) is 0 Å². The Hall–Kier alpha value is -2.58. The maximum atomic E-state index is 12.8. The topological polar surface area (TPSA) is 73.0 Å². The highest BCUT2D eigenvalue weighted by Gasteiger charge is 2.26. The maximum absolute atomic E-state index is 12.8. The number of amides is 1. The molecule has 2 aliphatic heterocycles. The number of piperazine rings is 1. The van der Waals surface area contributed by atoms with Crippen LogP contribution >= 0.6 is 0 Å². The minimum atomic E-state index is -3.29. The monoisotopic (exact) mass is 428 g/mol. The highest BCUT2D eigenvalue weighted by molar-refractivity contribution is 7.92. The van der Waals surface area contributed by atoms with Crippen LogP contribution < -0.4 is 14.5 Å². The zero-order valence-corrected chi connectivity index (χ0v) is 18.5. The second-order valence-corrected chi connectivity index (χ2v) is 10.1. The van der Waals surface area contributed by atoms with Crippen molar-refractivity contribution in [1.29, 1.82) is 0 Å². The van der Waals surface area contributed by atoms with Crippen LogP contribution in [0.1, 0.15) is 21.5 Å². The number of rotatable bonds is 4. The first kappa shape index (κ1) is 20.7. The number of carbonyl (C=O) groups excluding carboxylic acids is 1. The van der Waals surface area contributed by atoms with Crippen LogP contribution in [0.15, 0.2) is 36.4 Å². The van der Waals surface area contributed by atoms with Gasteiger partial charge in [-0.25, -0.2) is 8.42 Å². The molecule has 7 nitrogen and oxygen atoms in total. The van der Waals surface area contributed by atoms with Crippen molar-refractivity contribution in [3.63, 3.8) is 0 Å². The first-order chi connectivity index (χ1) is 14.2. The molecule has 0 radical (unpaired) electrons. The smallest absolute Gasteiger partial charge is 0.255 e. The number of nitrogens with zero attached hydrogens (tertiary/aromatic N) is 3. The van der Waals surface area contributed by atoms with Gasteiger partial charge in [-0.3, -0.25) is 9.10 Å². The second-order valence-electron chi connectivity index (χ2n) is 8.17. The summed E-state index contributed by atoms with van der Waals surface area (Å²) in [6.45, 7) is 6.52. The largest absolute Gasteiger partial charge is 0.369 e. The Labute approximate surface area is 178 Å². The molecule has 2 aliphatic rings. The van der Waals surface area contributed by atoms with Gasteiger partial charge in [0.1, 0.15) is 0 Å². The van der Waals surface area contributed by atoms with Crippen molar-refractivity contribution in [2.75, 3.05) is 60.5 Å². The molecule has 160 valence electrons. The fourth-order valence-electron chi connectivity index (χ4n) is 4.10. The van der Waals surface area contributed by atoms with Gasteiger partial charge in [-0.15, -0.1) is 0 Å². The number of fused-ring (bicyclic) bond motifs is 1. The molecule has 1 fully saturated rings. The van der Waals surface area contributed by atoms with E-state index in [0.717, 1.165) is 43.0 Å². The Kier molecular flexibility index (Phi) is 5.46. The van der Waals surface area contributed by atoms with Crippen molar-refractivity contribution in [2.45, 2.75) is 13.3 Å². The molecule has 30 heavy (non-hydrogen) atoms. The van der Waals surface area contributed by atoms with E-state index in [0.29, 0.717) is 24.2 Å². The van der Waals surface area contributed by atoms with Crippen molar-refractivity contribution in [3.05, 3.63) is 53.1 Å². The maximum Gasteiger partial charge on any atom is 0.255 e. The Morgan fingerprint density at radius 2 is 1.73 bits per heavy atom. The van der Waals surface area contributed by atoms with Crippen LogP contribution in [0.3, 0.4) is 0 Å². The van der Waals surface area contributed by atoms with E-state index >= 15 is 0 Å². The molecule has 2 aromatic rings. The molecule has 0 saturated carbocycles. The molecule has 0 spiro atoms. The number of hydrogen-bond donors (Lipinski definition) is 1. The first-order valence-corrected chi connectivity index (χ1v) is 12.0. The van der Waals surface area contributed by atoms with Gasteiger partial charge in [0.15, 0.2) is 0 Å². The van der Waals surface area contributed by atoms with Crippen molar-refractivity contribution in [1.82, 2.24) is 4.90 Å². The van der Waals surface area contributed by atoms with Gasteiger partial charge >= 0.3 is 0 Å². The zero-order chi connectivity index (χ0) is 21.5. The van der Waals surface area contributed by atoms with E-state index in [1.165, 1.54) is 16.2 Å². The molecular weight excluding hydrogens is 400 g/mol. The van der Waals surface area contributed by atoms with E-state index in [4.69, 9.17) is 0 Å². The number of likely N-dealkylation sites (N-methyl/N-ethyl adjacent to an activating group) is 1. The fourth-order valence-corrected chi connectivity index (χ4v) is 5.06. The highest BCUT2D eigenvalue weighted by Crippen LogP contribution is 2.31. The van der Waals surface area contributed by atoms with Gasteiger partial charge in [0.2, 0.25) is 10.0 Å². The predicted molar refractivity (Wildman–Crippen MR) is 121 cm³/mol. The molecule has 0 aromatic heterocycles. The molecule has 2 heterocycles. The Morgan fingerprint density at radius 1 is 1.00 bits per heavy atom. The summed E-state index contributed by atoms with van der Waals surface area (Å²) in [5.41, 5.74) is 5.07. The summed E-state index contributed by atoms with van der Waals surface area (Å²) >= 11 is 0. The summed E-state index contributed by atoms with van der Waals surface area (Å²) in [6.07, 6.45) is 1.82. The van der Waals surface area contributed by atoms with Crippen LogP contribution in [0, 0.1) is 6.92 Å². The lowest BCUT2D eigenvalue weighted by atomic mass is 10.1.